The van der Waals surface area contributed by atoms with Crippen LogP contribution in [-0.2, 0) is 4.79 Å². The van der Waals surface area contributed by atoms with E-state index in [1.807, 2.05) is 45.0 Å². The van der Waals surface area contributed by atoms with E-state index in [9.17, 15) is 9.59 Å². The van der Waals surface area contributed by atoms with Gasteiger partial charge in [0.2, 0.25) is 5.91 Å². The third-order valence-electron chi connectivity index (χ3n) is 4.10. The maximum absolute atomic E-state index is 11.9. The van der Waals surface area contributed by atoms with Crippen molar-refractivity contribution >= 4 is 22.7 Å². The van der Waals surface area contributed by atoms with Gasteiger partial charge in [0.05, 0.1) is 6.54 Å². The van der Waals surface area contributed by atoms with Crippen LogP contribution in [0.2, 0.25) is 0 Å². The Labute approximate surface area is 142 Å². The zero-order chi connectivity index (χ0) is 17.5. The molecule has 3 N–H and O–H groups in total. The summed E-state index contributed by atoms with van der Waals surface area (Å²) in [6.07, 6.45) is 0.817. The van der Waals surface area contributed by atoms with Crippen molar-refractivity contribution in [2.75, 3.05) is 6.54 Å². The predicted octanol–water partition coefficient (Wildman–Crippen LogP) is 3.11. The van der Waals surface area contributed by atoms with Crippen LogP contribution in [0.1, 0.15) is 38.8 Å². The fraction of sp³-hybridized carbons (Fsp3) is 0.368. The number of nitrogens with one attached hydrogen (secondary N) is 3. The molecule has 0 saturated carbocycles. The van der Waals surface area contributed by atoms with Crippen molar-refractivity contribution in [2.24, 2.45) is 0 Å². The van der Waals surface area contributed by atoms with Crippen LogP contribution in [0.15, 0.2) is 42.5 Å². The highest BCUT2D eigenvalue weighted by atomic mass is 16.2. The quantitative estimate of drug-likeness (QED) is 0.763. The lowest BCUT2D eigenvalue weighted by Crippen LogP contribution is -2.46. The lowest BCUT2D eigenvalue weighted by atomic mass is 10.00. The van der Waals surface area contributed by atoms with E-state index in [2.05, 4.69) is 34.1 Å². The smallest absolute Gasteiger partial charge is 0.321 e. The third kappa shape index (κ3) is 4.80. The molecule has 2 aromatic carbocycles. The van der Waals surface area contributed by atoms with Crippen molar-refractivity contribution in [3.63, 3.8) is 0 Å². The Kier molecular flexibility index (Phi) is 6.32. The molecule has 0 fully saturated rings. The van der Waals surface area contributed by atoms with E-state index >= 15 is 0 Å². The van der Waals surface area contributed by atoms with E-state index in [0.717, 1.165) is 17.4 Å². The largest absolute Gasteiger partial charge is 0.335 e. The van der Waals surface area contributed by atoms with E-state index in [1.54, 1.807) is 0 Å². The molecule has 0 aliphatic carbocycles. The first kappa shape index (κ1) is 17.9. The number of hydrogen-bond acceptors (Lipinski definition) is 3. The van der Waals surface area contributed by atoms with Crippen LogP contribution >= 0.6 is 0 Å². The highest BCUT2D eigenvalue weighted by Gasteiger charge is 2.13. The summed E-state index contributed by atoms with van der Waals surface area (Å²) in [5.41, 5.74) is 1.13. The molecule has 0 radical (unpaired) electrons. The van der Waals surface area contributed by atoms with Crippen molar-refractivity contribution in [1.29, 1.82) is 0 Å². The molecule has 0 saturated heterocycles. The molecule has 5 nitrogen and oxygen atoms in total. The number of carbonyl (C=O) groups is 2. The van der Waals surface area contributed by atoms with Crippen molar-refractivity contribution in [3.8, 4) is 0 Å². The molecule has 0 unspecified atom stereocenters. The van der Waals surface area contributed by atoms with E-state index in [0.29, 0.717) is 0 Å². The van der Waals surface area contributed by atoms with E-state index in [-0.39, 0.29) is 24.5 Å². The van der Waals surface area contributed by atoms with Crippen molar-refractivity contribution in [1.82, 2.24) is 16.0 Å². The zero-order valence-corrected chi connectivity index (χ0v) is 14.4. The second-order valence-corrected chi connectivity index (χ2v) is 6.00. The number of hydrogen-bond donors (Lipinski definition) is 3. The van der Waals surface area contributed by atoms with Crippen LogP contribution in [-0.4, -0.2) is 24.5 Å². The van der Waals surface area contributed by atoms with Gasteiger partial charge in [-0.05, 0) is 36.6 Å². The SMILES string of the molecule is CC[C@@H](C)NC(=O)NC(=O)CN[C@H](C)c1cccc2ccccc12. The molecule has 0 aromatic heterocycles. The molecule has 0 heterocycles. The number of amides is 3. The molecular weight excluding hydrogens is 302 g/mol. The molecule has 5 heteroatoms. The molecule has 0 bridgehead atoms. The Morgan fingerprint density at radius 1 is 1.04 bits per heavy atom. The first-order valence-corrected chi connectivity index (χ1v) is 8.32. The average Bonchev–Trinajstić information content (AvgIpc) is 2.58. The van der Waals surface area contributed by atoms with E-state index < -0.39 is 6.03 Å². The fourth-order valence-corrected chi connectivity index (χ4v) is 2.52. The van der Waals surface area contributed by atoms with Crippen LogP contribution in [0.25, 0.3) is 10.8 Å². The molecule has 0 aliphatic heterocycles. The van der Waals surface area contributed by atoms with Crippen molar-refractivity contribution in [2.45, 2.75) is 39.3 Å². The number of benzene rings is 2. The minimum atomic E-state index is -0.450. The van der Waals surface area contributed by atoms with E-state index in [1.165, 1.54) is 5.39 Å². The van der Waals surface area contributed by atoms with Gasteiger partial charge in [0, 0.05) is 12.1 Å². The number of carbonyl (C=O) groups excluding carboxylic acids is 2. The average molecular weight is 327 g/mol. The van der Waals surface area contributed by atoms with Gasteiger partial charge in [-0.15, -0.1) is 0 Å². The van der Waals surface area contributed by atoms with Crippen LogP contribution in [0.4, 0.5) is 4.79 Å². The highest BCUT2D eigenvalue weighted by Crippen LogP contribution is 2.23. The van der Waals surface area contributed by atoms with Gasteiger partial charge in [-0.1, -0.05) is 49.4 Å². The Balaban J connectivity index is 1.91. The van der Waals surface area contributed by atoms with Gasteiger partial charge < -0.3 is 10.6 Å². The van der Waals surface area contributed by atoms with Gasteiger partial charge in [-0.25, -0.2) is 4.79 Å². The summed E-state index contributed by atoms with van der Waals surface area (Å²) < 4.78 is 0. The standard InChI is InChI=1S/C19H25N3O2/c1-4-13(2)21-19(24)22-18(23)12-20-14(3)16-11-7-9-15-8-5-6-10-17(15)16/h5-11,13-14,20H,4,12H2,1-3H3,(H2,21,22,23,24)/t13-,14-/m1/s1. The minimum Gasteiger partial charge on any atom is -0.335 e. The molecule has 2 rings (SSSR count). The van der Waals surface area contributed by atoms with Crippen molar-refractivity contribution in [3.05, 3.63) is 48.0 Å². The summed E-state index contributed by atoms with van der Waals surface area (Å²) in [5, 5.41) is 10.5. The Morgan fingerprint density at radius 2 is 1.75 bits per heavy atom. The van der Waals surface area contributed by atoms with Gasteiger partial charge >= 0.3 is 6.03 Å². The second-order valence-electron chi connectivity index (χ2n) is 6.00. The Morgan fingerprint density at radius 3 is 2.50 bits per heavy atom. The highest BCUT2D eigenvalue weighted by molar-refractivity contribution is 5.95. The van der Waals surface area contributed by atoms with Gasteiger partial charge in [0.1, 0.15) is 0 Å². The first-order chi connectivity index (χ1) is 11.5. The summed E-state index contributed by atoms with van der Waals surface area (Å²) >= 11 is 0. The summed E-state index contributed by atoms with van der Waals surface area (Å²) in [6.45, 7) is 5.96. The monoisotopic (exact) mass is 327 g/mol. The summed E-state index contributed by atoms with van der Waals surface area (Å²) in [6, 6.07) is 13.9. The normalized spacial score (nSPS) is 13.3. The second kappa shape index (κ2) is 8.45. The minimum absolute atomic E-state index is 0.000485. The lowest BCUT2D eigenvalue weighted by molar-refractivity contribution is -0.119. The van der Waals surface area contributed by atoms with E-state index in [4.69, 9.17) is 0 Å². The van der Waals surface area contributed by atoms with Crippen LogP contribution in [0, 0.1) is 0 Å². The molecule has 24 heavy (non-hydrogen) atoms. The van der Waals surface area contributed by atoms with Gasteiger partial charge in [-0.3, -0.25) is 10.1 Å². The maximum Gasteiger partial charge on any atom is 0.321 e. The Bertz CT molecular complexity index is 709. The predicted molar refractivity (Wildman–Crippen MR) is 96.8 cm³/mol. The molecular formula is C19H25N3O2. The van der Waals surface area contributed by atoms with Crippen LogP contribution in [0.3, 0.4) is 0 Å². The summed E-state index contributed by atoms with van der Waals surface area (Å²) in [5.74, 6) is -0.345. The van der Waals surface area contributed by atoms with Crippen LogP contribution in [0.5, 0.6) is 0 Å². The number of fused-ring (bicyclic) bond motifs is 1. The summed E-state index contributed by atoms with van der Waals surface area (Å²) in [4.78, 5) is 23.5. The van der Waals surface area contributed by atoms with Gasteiger partial charge in [0.25, 0.3) is 0 Å². The fourth-order valence-electron chi connectivity index (χ4n) is 2.52. The zero-order valence-electron chi connectivity index (χ0n) is 14.4. The molecule has 128 valence electrons. The number of imide groups is 1. The molecule has 0 spiro atoms. The Hall–Kier alpha value is -2.40. The maximum atomic E-state index is 11.9. The molecule has 2 atom stereocenters. The van der Waals surface area contributed by atoms with Crippen molar-refractivity contribution < 1.29 is 9.59 Å². The van der Waals surface area contributed by atoms with Gasteiger partial charge in [0.15, 0.2) is 0 Å². The van der Waals surface area contributed by atoms with Crippen LogP contribution < -0.4 is 16.0 Å². The molecule has 2 aromatic rings. The number of rotatable bonds is 6. The number of urea groups is 1. The molecule has 0 aliphatic rings. The first-order valence-electron chi connectivity index (χ1n) is 8.32. The van der Waals surface area contributed by atoms with Gasteiger partial charge in [-0.2, -0.15) is 0 Å². The third-order valence-corrected chi connectivity index (χ3v) is 4.10. The molecule has 3 amide bonds. The summed E-state index contributed by atoms with van der Waals surface area (Å²) in [7, 11) is 0. The topological polar surface area (TPSA) is 70.2 Å². The lowest BCUT2D eigenvalue weighted by Gasteiger charge is -2.17.